The zero-order valence-electron chi connectivity index (χ0n) is 15.4. The van der Waals surface area contributed by atoms with Crippen LogP contribution in [0.15, 0.2) is 6.07 Å². The maximum absolute atomic E-state index is 12.2. The number of rotatable bonds is 6. The van der Waals surface area contributed by atoms with Crippen LogP contribution >= 0.6 is 0 Å². The smallest absolute Gasteiger partial charge is 0.324 e. The van der Waals surface area contributed by atoms with Gasteiger partial charge in [-0.25, -0.2) is 4.79 Å². The Hall–Kier alpha value is -2.58. The highest BCUT2D eigenvalue weighted by Crippen LogP contribution is 2.40. The predicted molar refractivity (Wildman–Crippen MR) is 98.3 cm³/mol. The molecule has 4 rings (SSSR count). The standard InChI is InChI=1S/C18H26N6O3/c25-16(5-9-24-10-6-17(26)20-18(24)27)19-13-3-7-23(8-4-13)15-11-14(21-22-15)12-1-2-12/h11-13H,1-10H2,(H,19,25)(H,21,22)(H,20,26,27). The van der Waals surface area contributed by atoms with Crippen LogP contribution in [0.5, 0.6) is 0 Å². The van der Waals surface area contributed by atoms with Gasteiger partial charge in [-0.2, -0.15) is 5.10 Å². The molecule has 3 N–H and O–H groups in total. The van der Waals surface area contributed by atoms with Gasteiger partial charge in [-0.15, -0.1) is 0 Å². The van der Waals surface area contributed by atoms with Gasteiger partial charge in [0.2, 0.25) is 11.8 Å². The van der Waals surface area contributed by atoms with Crippen LogP contribution in [0.4, 0.5) is 10.6 Å². The Balaban J connectivity index is 1.18. The number of imide groups is 1. The monoisotopic (exact) mass is 374 g/mol. The first-order valence-corrected chi connectivity index (χ1v) is 9.77. The fourth-order valence-corrected chi connectivity index (χ4v) is 3.69. The number of anilines is 1. The van der Waals surface area contributed by atoms with Crippen LogP contribution in [0, 0.1) is 0 Å². The number of piperidine rings is 1. The number of carbonyl (C=O) groups excluding carboxylic acids is 3. The second-order valence-electron chi connectivity index (χ2n) is 7.62. The predicted octanol–water partition coefficient (Wildman–Crippen LogP) is 0.704. The second-order valence-corrected chi connectivity index (χ2v) is 7.62. The fraction of sp³-hybridized carbons (Fsp3) is 0.667. The van der Waals surface area contributed by atoms with Crippen LogP contribution in [0.1, 0.15) is 50.1 Å². The van der Waals surface area contributed by atoms with Gasteiger partial charge in [0.05, 0.1) is 0 Å². The zero-order valence-corrected chi connectivity index (χ0v) is 15.4. The fourth-order valence-electron chi connectivity index (χ4n) is 3.69. The number of hydrogen-bond acceptors (Lipinski definition) is 5. The molecule has 2 aliphatic heterocycles. The molecule has 0 radical (unpaired) electrons. The minimum atomic E-state index is -0.406. The number of carbonyl (C=O) groups is 3. The lowest BCUT2D eigenvalue weighted by molar-refractivity contribution is -0.122. The minimum Gasteiger partial charge on any atom is -0.355 e. The van der Waals surface area contributed by atoms with Crippen molar-refractivity contribution in [3.63, 3.8) is 0 Å². The molecular weight excluding hydrogens is 348 g/mol. The first-order valence-electron chi connectivity index (χ1n) is 9.77. The Morgan fingerprint density at radius 3 is 2.67 bits per heavy atom. The van der Waals surface area contributed by atoms with Crippen molar-refractivity contribution < 1.29 is 14.4 Å². The summed E-state index contributed by atoms with van der Waals surface area (Å²) in [6.45, 7) is 2.46. The van der Waals surface area contributed by atoms with Crippen molar-refractivity contribution in [3.05, 3.63) is 11.8 Å². The molecule has 0 atom stereocenters. The van der Waals surface area contributed by atoms with E-state index in [1.807, 2.05) is 0 Å². The molecular formula is C18H26N6O3. The Morgan fingerprint density at radius 1 is 1.19 bits per heavy atom. The zero-order chi connectivity index (χ0) is 18.8. The number of amides is 4. The normalized spacial score (nSPS) is 21.3. The van der Waals surface area contributed by atoms with E-state index >= 15 is 0 Å². The van der Waals surface area contributed by atoms with E-state index in [4.69, 9.17) is 0 Å². The summed E-state index contributed by atoms with van der Waals surface area (Å²) in [6.07, 6.45) is 4.83. The first-order chi connectivity index (χ1) is 13.1. The second kappa shape index (κ2) is 7.58. The highest BCUT2D eigenvalue weighted by atomic mass is 16.2. The van der Waals surface area contributed by atoms with Crippen molar-refractivity contribution in [2.45, 2.75) is 50.5 Å². The van der Waals surface area contributed by atoms with Gasteiger partial charge >= 0.3 is 6.03 Å². The van der Waals surface area contributed by atoms with Crippen LogP contribution in [-0.2, 0) is 9.59 Å². The summed E-state index contributed by atoms with van der Waals surface area (Å²) in [5, 5.41) is 12.9. The molecule has 1 saturated carbocycles. The number of aromatic amines is 1. The highest BCUT2D eigenvalue weighted by molar-refractivity contribution is 5.96. The lowest BCUT2D eigenvalue weighted by Crippen LogP contribution is -2.50. The third-order valence-corrected chi connectivity index (χ3v) is 5.54. The van der Waals surface area contributed by atoms with Gasteiger partial charge in [0.25, 0.3) is 0 Å². The van der Waals surface area contributed by atoms with Gasteiger partial charge in [0, 0.05) is 62.7 Å². The van der Waals surface area contributed by atoms with Crippen molar-refractivity contribution in [3.8, 4) is 0 Å². The number of nitrogens with one attached hydrogen (secondary N) is 3. The summed E-state index contributed by atoms with van der Waals surface area (Å²) in [6, 6.07) is 1.91. The van der Waals surface area contributed by atoms with Crippen LogP contribution in [-0.4, -0.2) is 65.2 Å². The third-order valence-electron chi connectivity index (χ3n) is 5.54. The van der Waals surface area contributed by atoms with Gasteiger partial charge in [0.1, 0.15) is 0 Å². The summed E-state index contributed by atoms with van der Waals surface area (Å²) < 4.78 is 0. The van der Waals surface area contributed by atoms with E-state index in [1.54, 1.807) is 0 Å². The molecule has 9 nitrogen and oxygen atoms in total. The van der Waals surface area contributed by atoms with Crippen LogP contribution < -0.4 is 15.5 Å². The minimum absolute atomic E-state index is 0.0473. The van der Waals surface area contributed by atoms with Crippen molar-refractivity contribution in [1.29, 1.82) is 0 Å². The van der Waals surface area contributed by atoms with E-state index in [0.29, 0.717) is 25.4 Å². The molecule has 146 valence electrons. The van der Waals surface area contributed by atoms with E-state index in [-0.39, 0.29) is 24.3 Å². The van der Waals surface area contributed by atoms with Crippen molar-refractivity contribution in [2.24, 2.45) is 0 Å². The molecule has 2 saturated heterocycles. The van der Waals surface area contributed by atoms with Gasteiger partial charge in [-0.1, -0.05) is 0 Å². The molecule has 3 aliphatic rings. The van der Waals surface area contributed by atoms with Gasteiger partial charge in [0.15, 0.2) is 5.82 Å². The summed E-state index contributed by atoms with van der Waals surface area (Å²) in [7, 11) is 0. The van der Waals surface area contributed by atoms with Crippen LogP contribution in [0.25, 0.3) is 0 Å². The van der Waals surface area contributed by atoms with Gasteiger partial charge in [-0.05, 0) is 25.7 Å². The lowest BCUT2D eigenvalue weighted by atomic mass is 10.0. The summed E-state index contributed by atoms with van der Waals surface area (Å²) >= 11 is 0. The number of nitrogens with zero attached hydrogens (tertiary/aromatic N) is 3. The third kappa shape index (κ3) is 4.40. The summed E-state index contributed by atoms with van der Waals surface area (Å²) in [4.78, 5) is 38.8. The lowest BCUT2D eigenvalue weighted by Gasteiger charge is -2.32. The molecule has 0 spiro atoms. The Bertz CT molecular complexity index is 720. The molecule has 9 heteroatoms. The van der Waals surface area contributed by atoms with E-state index in [9.17, 15) is 14.4 Å². The number of H-pyrrole nitrogens is 1. The molecule has 3 heterocycles. The van der Waals surface area contributed by atoms with E-state index in [2.05, 4.69) is 31.8 Å². The maximum atomic E-state index is 12.2. The van der Waals surface area contributed by atoms with Gasteiger partial charge < -0.3 is 15.1 Å². The Morgan fingerprint density at radius 2 is 1.96 bits per heavy atom. The topological polar surface area (TPSA) is 110 Å². The van der Waals surface area contributed by atoms with E-state index in [1.165, 1.54) is 23.4 Å². The number of hydrogen-bond donors (Lipinski definition) is 3. The van der Waals surface area contributed by atoms with E-state index < -0.39 is 6.03 Å². The van der Waals surface area contributed by atoms with Crippen LogP contribution in [0.3, 0.4) is 0 Å². The average molecular weight is 374 g/mol. The average Bonchev–Trinajstić information content (AvgIpc) is 3.39. The summed E-state index contributed by atoms with van der Waals surface area (Å²) in [5.41, 5.74) is 1.24. The Kier molecular flexibility index (Phi) is 5.00. The summed E-state index contributed by atoms with van der Waals surface area (Å²) in [5.74, 6) is 1.37. The van der Waals surface area contributed by atoms with Crippen molar-refractivity contribution in [2.75, 3.05) is 31.1 Å². The van der Waals surface area contributed by atoms with Crippen molar-refractivity contribution >= 4 is 23.7 Å². The number of urea groups is 1. The molecule has 1 aromatic heterocycles. The SMILES string of the molecule is O=C1CCN(CCC(=O)NC2CCN(c3cc(C4CC4)[nH]n3)CC2)C(=O)N1. The molecule has 3 fully saturated rings. The molecule has 0 aromatic carbocycles. The molecule has 1 aliphatic carbocycles. The quantitative estimate of drug-likeness (QED) is 0.679. The molecule has 0 bridgehead atoms. The molecule has 27 heavy (non-hydrogen) atoms. The van der Waals surface area contributed by atoms with Crippen LogP contribution in [0.2, 0.25) is 0 Å². The number of aromatic nitrogens is 2. The first kappa shape index (κ1) is 17.8. The molecule has 1 aromatic rings. The molecule has 4 amide bonds. The van der Waals surface area contributed by atoms with Crippen molar-refractivity contribution in [1.82, 2.24) is 25.7 Å². The maximum Gasteiger partial charge on any atom is 0.324 e. The highest BCUT2D eigenvalue weighted by Gasteiger charge is 2.28. The van der Waals surface area contributed by atoms with E-state index in [0.717, 1.165) is 31.7 Å². The Labute approximate surface area is 157 Å². The largest absolute Gasteiger partial charge is 0.355 e. The molecule has 0 unspecified atom stereocenters. The van der Waals surface area contributed by atoms with Gasteiger partial charge in [-0.3, -0.25) is 20.0 Å².